The Morgan fingerprint density at radius 2 is 2.31 bits per heavy atom. The number of hydrazine groups is 1. The van der Waals surface area contributed by atoms with Gasteiger partial charge in [-0.25, -0.2) is 0 Å². The van der Waals surface area contributed by atoms with Gasteiger partial charge in [-0.05, 0) is 25.7 Å². The molecule has 74 valence electrons. The summed E-state index contributed by atoms with van der Waals surface area (Å²) in [6.07, 6.45) is 4.85. The quantitative estimate of drug-likeness (QED) is 0.555. The van der Waals surface area contributed by atoms with E-state index in [1.807, 2.05) is 0 Å². The molecule has 1 heterocycles. The van der Waals surface area contributed by atoms with Crippen LogP contribution in [0.4, 0.5) is 0 Å². The fraction of sp³-hybridized carbons (Fsp3) is 0.889. The maximum atomic E-state index is 10.8. The van der Waals surface area contributed by atoms with E-state index in [0.717, 1.165) is 38.6 Å². The lowest BCUT2D eigenvalue weighted by Gasteiger charge is -2.35. The number of carboxylic acid groups (broad SMARTS) is 1. The summed E-state index contributed by atoms with van der Waals surface area (Å²) in [5.74, 6) is -0.770. The van der Waals surface area contributed by atoms with Crippen LogP contribution in [0, 0.1) is 5.92 Å². The second-order valence-corrected chi connectivity index (χ2v) is 4.21. The molecule has 2 unspecified atom stereocenters. The molecule has 0 aromatic rings. The van der Waals surface area contributed by atoms with Crippen molar-refractivity contribution >= 4 is 5.97 Å². The highest BCUT2D eigenvalue weighted by Gasteiger charge is 2.40. The molecule has 2 rings (SSSR count). The molecule has 1 spiro atoms. The Labute approximate surface area is 77.7 Å². The summed E-state index contributed by atoms with van der Waals surface area (Å²) >= 11 is 0. The van der Waals surface area contributed by atoms with Crippen molar-refractivity contribution in [2.24, 2.45) is 5.92 Å². The number of aliphatic carboxylic acids is 1. The molecule has 3 N–H and O–H groups in total. The molecule has 1 aliphatic carbocycles. The highest BCUT2D eigenvalue weighted by molar-refractivity contribution is 5.70. The lowest BCUT2D eigenvalue weighted by molar-refractivity contribution is -0.143. The average Bonchev–Trinajstić information content (AvgIpc) is 2.53. The van der Waals surface area contributed by atoms with Gasteiger partial charge in [0.05, 0.1) is 5.92 Å². The highest BCUT2D eigenvalue weighted by Crippen LogP contribution is 2.35. The third-order valence-corrected chi connectivity index (χ3v) is 3.28. The smallest absolute Gasteiger partial charge is 0.306 e. The van der Waals surface area contributed by atoms with Crippen LogP contribution < -0.4 is 10.9 Å². The average molecular weight is 184 g/mol. The van der Waals surface area contributed by atoms with E-state index in [-0.39, 0.29) is 11.5 Å². The summed E-state index contributed by atoms with van der Waals surface area (Å²) < 4.78 is 0. The van der Waals surface area contributed by atoms with E-state index < -0.39 is 5.97 Å². The van der Waals surface area contributed by atoms with Crippen LogP contribution in [0.5, 0.6) is 0 Å². The zero-order chi connectivity index (χ0) is 9.31. The minimum atomic E-state index is -0.632. The fourth-order valence-electron chi connectivity index (χ4n) is 2.53. The van der Waals surface area contributed by atoms with E-state index in [9.17, 15) is 4.79 Å². The van der Waals surface area contributed by atoms with Gasteiger partial charge in [0.15, 0.2) is 0 Å². The topological polar surface area (TPSA) is 61.4 Å². The molecular formula is C9H16N2O2. The van der Waals surface area contributed by atoms with Crippen molar-refractivity contribution in [2.45, 2.75) is 37.6 Å². The van der Waals surface area contributed by atoms with E-state index in [2.05, 4.69) is 10.9 Å². The van der Waals surface area contributed by atoms with Crippen LogP contribution in [0.25, 0.3) is 0 Å². The summed E-state index contributed by atoms with van der Waals surface area (Å²) in [6, 6.07) is 0. The number of hydrogen-bond donors (Lipinski definition) is 3. The maximum Gasteiger partial charge on any atom is 0.306 e. The second kappa shape index (κ2) is 3.27. The molecule has 0 bridgehead atoms. The molecule has 4 heteroatoms. The van der Waals surface area contributed by atoms with Crippen molar-refractivity contribution in [3.05, 3.63) is 0 Å². The van der Waals surface area contributed by atoms with Crippen LogP contribution in [0.1, 0.15) is 32.1 Å². The van der Waals surface area contributed by atoms with Crippen LogP contribution >= 0.6 is 0 Å². The standard InChI is InChI=1S/C9H16N2O2/c12-8(13)7-2-1-3-9(6-7)4-5-10-11-9/h7,10-11H,1-6H2,(H,12,13). The maximum absolute atomic E-state index is 10.8. The van der Waals surface area contributed by atoms with E-state index in [1.54, 1.807) is 0 Å². The van der Waals surface area contributed by atoms with E-state index in [4.69, 9.17) is 5.11 Å². The zero-order valence-corrected chi connectivity index (χ0v) is 7.68. The molecule has 1 saturated carbocycles. The number of carbonyl (C=O) groups is 1. The lowest BCUT2D eigenvalue weighted by atomic mass is 9.75. The molecule has 13 heavy (non-hydrogen) atoms. The van der Waals surface area contributed by atoms with E-state index in [1.165, 1.54) is 0 Å². The predicted molar refractivity (Wildman–Crippen MR) is 48.1 cm³/mol. The van der Waals surface area contributed by atoms with E-state index in [0.29, 0.717) is 0 Å². The summed E-state index contributed by atoms with van der Waals surface area (Å²) in [4.78, 5) is 10.8. The first kappa shape index (κ1) is 8.97. The highest BCUT2D eigenvalue weighted by atomic mass is 16.4. The van der Waals surface area contributed by atoms with Gasteiger partial charge >= 0.3 is 5.97 Å². The summed E-state index contributed by atoms with van der Waals surface area (Å²) in [7, 11) is 0. The van der Waals surface area contributed by atoms with Gasteiger partial charge < -0.3 is 5.11 Å². The van der Waals surface area contributed by atoms with Gasteiger partial charge in [0.25, 0.3) is 0 Å². The minimum absolute atomic E-state index is 0.0846. The van der Waals surface area contributed by atoms with Crippen LogP contribution in [0.15, 0.2) is 0 Å². The summed E-state index contributed by atoms with van der Waals surface area (Å²) in [5.41, 5.74) is 6.43. The first-order valence-electron chi connectivity index (χ1n) is 4.95. The Bertz CT molecular complexity index is 212. The van der Waals surface area contributed by atoms with Crippen molar-refractivity contribution in [2.75, 3.05) is 6.54 Å². The molecule has 1 saturated heterocycles. The first-order valence-corrected chi connectivity index (χ1v) is 4.95. The molecule has 2 atom stereocenters. The monoisotopic (exact) mass is 184 g/mol. The van der Waals surface area contributed by atoms with Crippen molar-refractivity contribution in [1.82, 2.24) is 10.9 Å². The van der Waals surface area contributed by atoms with Gasteiger partial charge in [0.1, 0.15) is 0 Å². The predicted octanol–water partition coefficient (Wildman–Crippen LogP) is 0.498. The molecule has 0 radical (unpaired) electrons. The Morgan fingerprint density at radius 3 is 2.92 bits per heavy atom. The zero-order valence-electron chi connectivity index (χ0n) is 7.68. The molecular weight excluding hydrogens is 168 g/mol. The molecule has 2 aliphatic rings. The normalized spacial score (nSPS) is 39.5. The minimum Gasteiger partial charge on any atom is -0.481 e. The van der Waals surface area contributed by atoms with Crippen molar-refractivity contribution in [1.29, 1.82) is 0 Å². The van der Waals surface area contributed by atoms with Crippen LogP contribution in [-0.4, -0.2) is 23.2 Å². The van der Waals surface area contributed by atoms with Gasteiger partial charge in [-0.15, -0.1) is 0 Å². The summed E-state index contributed by atoms with van der Waals surface area (Å²) in [6.45, 7) is 0.965. The lowest BCUT2D eigenvalue weighted by Crippen LogP contribution is -2.48. The molecule has 0 amide bonds. The van der Waals surface area contributed by atoms with Crippen LogP contribution in [0.3, 0.4) is 0 Å². The van der Waals surface area contributed by atoms with Crippen LogP contribution in [-0.2, 0) is 4.79 Å². The van der Waals surface area contributed by atoms with Crippen molar-refractivity contribution in [3.8, 4) is 0 Å². The number of rotatable bonds is 1. The van der Waals surface area contributed by atoms with Gasteiger partial charge in [0.2, 0.25) is 0 Å². The largest absolute Gasteiger partial charge is 0.481 e. The van der Waals surface area contributed by atoms with Crippen molar-refractivity contribution in [3.63, 3.8) is 0 Å². The van der Waals surface area contributed by atoms with Crippen molar-refractivity contribution < 1.29 is 9.90 Å². The molecule has 2 fully saturated rings. The molecule has 4 nitrogen and oxygen atoms in total. The third kappa shape index (κ3) is 1.69. The Hall–Kier alpha value is -0.610. The van der Waals surface area contributed by atoms with Gasteiger partial charge in [-0.1, -0.05) is 6.42 Å². The molecule has 0 aromatic heterocycles. The molecule has 1 aliphatic heterocycles. The fourth-order valence-corrected chi connectivity index (χ4v) is 2.53. The number of hydrogen-bond acceptors (Lipinski definition) is 3. The summed E-state index contributed by atoms with van der Waals surface area (Å²) in [5, 5.41) is 8.93. The Morgan fingerprint density at radius 1 is 1.46 bits per heavy atom. The van der Waals surface area contributed by atoms with Gasteiger partial charge in [0, 0.05) is 12.1 Å². The molecule has 0 aromatic carbocycles. The Balaban J connectivity index is 2.02. The third-order valence-electron chi connectivity index (χ3n) is 3.28. The van der Waals surface area contributed by atoms with Crippen LogP contribution in [0.2, 0.25) is 0 Å². The SMILES string of the molecule is O=C(O)C1CCCC2(CCNN2)C1. The number of nitrogens with one attached hydrogen (secondary N) is 2. The Kier molecular flexibility index (Phi) is 2.26. The van der Waals surface area contributed by atoms with E-state index >= 15 is 0 Å². The second-order valence-electron chi connectivity index (χ2n) is 4.21. The van der Waals surface area contributed by atoms with Gasteiger partial charge in [-0.2, -0.15) is 0 Å². The van der Waals surface area contributed by atoms with Gasteiger partial charge in [-0.3, -0.25) is 15.6 Å². The first-order chi connectivity index (χ1) is 6.22. The number of carboxylic acids is 1.